The summed E-state index contributed by atoms with van der Waals surface area (Å²) in [7, 11) is 3.36. The van der Waals surface area contributed by atoms with Gasteiger partial charge in [-0.25, -0.2) is 0 Å². The van der Waals surface area contributed by atoms with Crippen LogP contribution >= 0.6 is 0 Å². The van der Waals surface area contributed by atoms with Crippen molar-refractivity contribution in [1.82, 2.24) is 0 Å². The molecule has 0 radical (unpaired) electrons. The van der Waals surface area contributed by atoms with Gasteiger partial charge in [0.1, 0.15) is 0 Å². The predicted octanol–water partition coefficient (Wildman–Crippen LogP) is 4.44. The Bertz CT molecular complexity index is 550. The van der Waals surface area contributed by atoms with Crippen molar-refractivity contribution >= 4 is 0 Å². The lowest BCUT2D eigenvalue weighted by atomic mass is 9.84. The number of hydrogen-bond acceptors (Lipinski definition) is 5. The average molecular weight is 410 g/mol. The SMILES string of the molecule is COCCCOc1cc(C[C@H](CCC(O)CCC(C)CN)C(C)C)ccc1OC. The molecule has 1 aromatic rings. The first-order valence-corrected chi connectivity index (χ1v) is 11.1. The Hall–Kier alpha value is -1.30. The molecule has 0 aromatic heterocycles. The van der Waals surface area contributed by atoms with E-state index in [2.05, 4.69) is 32.9 Å². The first kappa shape index (κ1) is 25.7. The molecule has 5 nitrogen and oxygen atoms in total. The highest BCUT2D eigenvalue weighted by atomic mass is 16.5. The lowest BCUT2D eigenvalue weighted by molar-refractivity contribution is 0.132. The summed E-state index contributed by atoms with van der Waals surface area (Å²) in [6.45, 7) is 8.65. The predicted molar refractivity (Wildman–Crippen MR) is 120 cm³/mol. The van der Waals surface area contributed by atoms with Crippen LogP contribution in [0.1, 0.15) is 58.4 Å². The van der Waals surface area contributed by atoms with Gasteiger partial charge in [-0.15, -0.1) is 0 Å². The Labute approximate surface area is 177 Å². The monoisotopic (exact) mass is 409 g/mol. The highest BCUT2D eigenvalue weighted by molar-refractivity contribution is 5.43. The van der Waals surface area contributed by atoms with Gasteiger partial charge in [-0.1, -0.05) is 26.8 Å². The highest BCUT2D eigenvalue weighted by Crippen LogP contribution is 2.31. The summed E-state index contributed by atoms with van der Waals surface area (Å²) in [5, 5.41) is 10.4. The van der Waals surface area contributed by atoms with Gasteiger partial charge >= 0.3 is 0 Å². The van der Waals surface area contributed by atoms with E-state index in [0.717, 1.165) is 50.0 Å². The van der Waals surface area contributed by atoms with E-state index in [4.69, 9.17) is 19.9 Å². The quantitative estimate of drug-likeness (QED) is 0.395. The standard InChI is InChI=1S/C24H43NO4/c1-18(2)21(9-11-22(26)10-7-19(3)17-25)15-20-8-12-23(28-5)24(16-20)29-14-6-13-27-4/h8,12,16,18-19,21-22,26H,6-7,9-11,13-15,17,25H2,1-5H3/t19?,21-,22?/m0/s1. The van der Waals surface area contributed by atoms with Gasteiger partial charge in [0.25, 0.3) is 0 Å². The number of nitrogens with two attached hydrogens (primary N) is 1. The minimum atomic E-state index is -0.235. The lowest BCUT2D eigenvalue weighted by Crippen LogP contribution is -2.18. The average Bonchev–Trinajstić information content (AvgIpc) is 2.72. The van der Waals surface area contributed by atoms with Crippen molar-refractivity contribution in [1.29, 1.82) is 0 Å². The molecular formula is C24H43NO4. The number of methoxy groups -OCH3 is 2. The summed E-state index contributed by atoms with van der Waals surface area (Å²) in [6.07, 6.45) is 5.28. The molecule has 0 bridgehead atoms. The molecule has 2 unspecified atom stereocenters. The van der Waals surface area contributed by atoms with Gasteiger partial charge in [-0.2, -0.15) is 0 Å². The second kappa shape index (κ2) is 14.6. The van der Waals surface area contributed by atoms with Crippen molar-refractivity contribution in [3.05, 3.63) is 23.8 Å². The molecule has 5 heteroatoms. The Balaban J connectivity index is 2.65. The number of benzene rings is 1. The van der Waals surface area contributed by atoms with Gasteiger partial charge in [0.15, 0.2) is 11.5 Å². The minimum Gasteiger partial charge on any atom is -0.493 e. The maximum absolute atomic E-state index is 10.4. The zero-order chi connectivity index (χ0) is 21.6. The molecule has 1 rings (SSSR count). The summed E-state index contributed by atoms with van der Waals surface area (Å²) < 4.78 is 16.5. The van der Waals surface area contributed by atoms with Crippen molar-refractivity contribution in [2.45, 2.75) is 65.4 Å². The fourth-order valence-corrected chi connectivity index (χ4v) is 3.47. The van der Waals surface area contributed by atoms with Crippen LogP contribution in [0.15, 0.2) is 18.2 Å². The number of rotatable bonds is 16. The second-order valence-electron chi connectivity index (χ2n) is 8.54. The molecule has 0 spiro atoms. The van der Waals surface area contributed by atoms with Crippen LogP contribution in [-0.2, 0) is 11.2 Å². The molecule has 0 aliphatic rings. The van der Waals surface area contributed by atoms with E-state index in [1.54, 1.807) is 14.2 Å². The zero-order valence-electron chi connectivity index (χ0n) is 19.2. The number of hydrogen-bond donors (Lipinski definition) is 2. The molecule has 1 aromatic carbocycles. The van der Waals surface area contributed by atoms with E-state index < -0.39 is 0 Å². The molecule has 0 amide bonds. The third kappa shape index (κ3) is 10.3. The van der Waals surface area contributed by atoms with Crippen molar-refractivity contribution < 1.29 is 19.3 Å². The smallest absolute Gasteiger partial charge is 0.161 e. The Morgan fingerprint density at radius 2 is 1.69 bits per heavy atom. The normalized spacial score (nSPS) is 14.6. The van der Waals surface area contributed by atoms with Gasteiger partial charge < -0.3 is 25.1 Å². The number of ether oxygens (including phenoxy) is 3. The molecule has 0 heterocycles. The topological polar surface area (TPSA) is 73.9 Å². The molecule has 3 atom stereocenters. The van der Waals surface area contributed by atoms with Gasteiger partial charge in [-0.3, -0.25) is 0 Å². The third-order valence-corrected chi connectivity index (χ3v) is 5.68. The maximum atomic E-state index is 10.4. The minimum absolute atomic E-state index is 0.235. The van der Waals surface area contributed by atoms with Gasteiger partial charge in [0.2, 0.25) is 0 Å². The number of aliphatic hydroxyl groups excluding tert-OH is 1. The van der Waals surface area contributed by atoms with Crippen LogP contribution in [0, 0.1) is 17.8 Å². The summed E-state index contributed by atoms with van der Waals surface area (Å²) in [4.78, 5) is 0. The molecule has 0 aliphatic carbocycles. The van der Waals surface area contributed by atoms with E-state index >= 15 is 0 Å². The molecule has 0 fully saturated rings. The van der Waals surface area contributed by atoms with Crippen LogP contribution in [-0.4, -0.2) is 45.2 Å². The first-order chi connectivity index (χ1) is 13.9. The van der Waals surface area contributed by atoms with Crippen molar-refractivity contribution in [2.75, 3.05) is 34.0 Å². The summed E-state index contributed by atoms with van der Waals surface area (Å²) in [5.74, 6) is 3.10. The third-order valence-electron chi connectivity index (χ3n) is 5.68. The molecule has 3 N–H and O–H groups in total. The summed E-state index contributed by atoms with van der Waals surface area (Å²) in [6, 6.07) is 6.21. The zero-order valence-corrected chi connectivity index (χ0v) is 19.2. The lowest BCUT2D eigenvalue weighted by Gasteiger charge is -2.23. The van der Waals surface area contributed by atoms with Crippen LogP contribution in [0.2, 0.25) is 0 Å². The van der Waals surface area contributed by atoms with Crippen molar-refractivity contribution in [3.63, 3.8) is 0 Å². The fourth-order valence-electron chi connectivity index (χ4n) is 3.47. The van der Waals surface area contributed by atoms with E-state index in [9.17, 15) is 5.11 Å². The van der Waals surface area contributed by atoms with Crippen molar-refractivity contribution in [2.24, 2.45) is 23.5 Å². The van der Waals surface area contributed by atoms with E-state index in [1.807, 2.05) is 6.07 Å². The van der Waals surface area contributed by atoms with E-state index in [1.165, 1.54) is 5.56 Å². The molecule has 0 saturated heterocycles. The van der Waals surface area contributed by atoms with Crippen LogP contribution in [0.25, 0.3) is 0 Å². The van der Waals surface area contributed by atoms with Crippen molar-refractivity contribution in [3.8, 4) is 11.5 Å². The van der Waals surface area contributed by atoms with Crippen LogP contribution in [0.5, 0.6) is 11.5 Å². The number of aliphatic hydroxyl groups is 1. The molecule has 29 heavy (non-hydrogen) atoms. The van der Waals surface area contributed by atoms with E-state index in [-0.39, 0.29) is 6.10 Å². The maximum Gasteiger partial charge on any atom is 0.161 e. The van der Waals surface area contributed by atoms with Crippen LogP contribution in [0.4, 0.5) is 0 Å². The largest absolute Gasteiger partial charge is 0.493 e. The molecule has 0 saturated carbocycles. The van der Waals surface area contributed by atoms with Crippen LogP contribution < -0.4 is 15.2 Å². The summed E-state index contributed by atoms with van der Waals surface area (Å²) in [5.41, 5.74) is 6.93. The second-order valence-corrected chi connectivity index (χ2v) is 8.54. The Morgan fingerprint density at radius 3 is 2.31 bits per heavy atom. The Morgan fingerprint density at radius 1 is 0.966 bits per heavy atom. The highest BCUT2D eigenvalue weighted by Gasteiger charge is 2.18. The van der Waals surface area contributed by atoms with E-state index in [0.29, 0.717) is 37.5 Å². The molecule has 168 valence electrons. The Kier molecular flexibility index (Phi) is 13.0. The molecular weight excluding hydrogens is 366 g/mol. The van der Waals surface area contributed by atoms with Crippen LogP contribution in [0.3, 0.4) is 0 Å². The van der Waals surface area contributed by atoms with Gasteiger partial charge in [-0.05, 0) is 74.1 Å². The first-order valence-electron chi connectivity index (χ1n) is 11.1. The summed E-state index contributed by atoms with van der Waals surface area (Å²) >= 11 is 0. The van der Waals surface area contributed by atoms with Gasteiger partial charge in [0.05, 0.1) is 19.8 Å². The van der Waals surface area contributed by atoms with Gasteiger partial charge in [0, 0.05) is 20.1 Å². The fraction of sp³-hybridized carbons (Fsp3) is 0.750. The molecule has 0 aliphatic heterocycles.